The van der Waals surface area contributed by atoms with E-state index in [2.05, 4.69) is 19.2 Å². The van der Waals surface area contributed by atoms with Crippen molar-refractivity contribution in [3.05, 3.63) is 0 Å². The van der Waals surface area contributed by atoms with Crippen LogP contribution >= 0.6 is 0 Å². The first-order valence-corrected chi connectivity index (χ1v) is 20.7. The molecule has 4 nitrogen and oxygen atoms in total. The molecule has 4 heteroatoms. The molecule has 0 aliphatic rings. The molecule has 0 heterocycles. The average molecular weight is 638 g/mol. The summed E-state index contributed by atoms with van der Waals surface area (Å²) in [4.78, 5) is 12.4. The lowest BCUT2D eigenvalue weighted by molar-refractivity contribution is -0.123. The van der Waals surface area contributed by atoms with Crippen LogP contribution in [-0.2, 0) is 4.79 Å². The average Bonchev–Trinajstić information content (AvgIpc) is 3.04. The number of carbonyl (C=O) groups excluding carboxylic acids is 1. The minimum absolute atomic E-state index is 0.0276. The molecular formula is C41H83NO3. The van der Waals surface area contributed by atoms with E-state index in [0.717, 1.165) is 25.7 Å². The number of hydrogen-bond donors (Lipinski definition) is 3. The van der Waals surface area contributed by atoms with Crippen LogP contribution in [-0.4, -0.2) is 34.9 Å². The Morgan fingerprint density at radius 1 is 0.444 bits per heavy atom. The number of amides is 1. The van der Waals surface area contributed by atoms with Gasteiger partial charge in [0, 0.05) is 6.42 Å². The van der Waals surface area contributed by atoms with Crippen LogP contribution in [0, 0.1) is 0 Å². The lowest BCUT2D eigenvalue weighted by atomic mass is 10.0. The first kappa shape index (κ1) is 44.4. The molecule has 1 amide bonds. The Morgan fingerprint density at radius 3 is 1.00 bits per heavy atom. The third-order valence-electron chi connectivity index (χ3n) is 9.87. The molecular weight excluding hydrogens is 554 g/mol. The molecule has 3 N–H and O–H groups in total. The molecule has 0 aromatic heterocycles. The van der Waals surface area contributed by atoms with E-state index in [9.17, 15) is 15.0 Å². The predicted octanol–water partition coefficient (Wildman–Crippen LogP) is 12.5. The standard InChI is InChI=1S/C41H83NO3/c1-3-5-7-9-11-13-15-17-19-20-21-22-23-24-26-28-30-32-34-36-40(44)39(38-43)42-41(45)37-35-33-31-29-27-25-18-16-14-12-10-8-6-4-2/h39-40,43-44H,3-38H2,1-2H3,(H,42,45). The van der Waals surface area contributed by atoms with Gasteiger partial charge >= 0.3 is 0 Å². The van der Waals surface area contributed by atoms with E-state index in [1.165, 1.54) is 186 Å². The fourth-order valence-corrected chi connectivity index (χ4v) is 6.66. The Bertz CT molecular complexity index is 569. The number of hydrogen-bond acceptors (Lipinski definition) is 3. The second kappa shape index (κ2) is 37.8. The summed E-state index contributed by atoms with van der Waals surface area (Å²) in [5.41, 5.74) is 0. The lowest BCUT2D eigenvalue weighted by Crippen LogP contribution is -2.45. The van der Waals surface area contributed by atoms with Crippen molar-refractivity contribution in [3.8, 4) is 0 Å². The lowest BCUT2D eigenvalue weighted by Gasteiger charge is -2.22. The van der Waals surface area contributed by atoms with Crippen LogP contribution in [0.2, 0.25) is 0 Å². The van der Waals surface area contributed by atoms with Crippen LogP contribution in [0.15, 0.2) is 0 Å². The summed E-state index contributed by atoms with van der Waals surface area (Å²) >= 11 is 0. The summed E-state index contributed by atoms with van der Waals surface area (Å²) in [7, 11) is 0. The molecule has 0 aromatic carbocycles. The molecule has 0 bridgehead atoms. The zero-order valence-corrected chi connectivity index (χ0v) is 30.9. The van der Waals surface area contributed by atoms with Gasteiger partial charge in [-0.15, -0.1) is 0 Å². The Kier molecular flexibility index (Phi) is 37.3. The van der Waals surface area contributed by atoms with Gasteiger partial charge in [0.2, 0.25) is 5.91 Å². The summed E-state index contributed by atoms with van der Waals surface area (Å²) in [6.45, 7) is 4.37. The molecule has 0 saturated heterocycles. The normalized spacial score (nSPS) is 12.9. The van der Waals surface area contributed by atoms with Crippen molar-refractivity contribution in [1.29, 1.82) is 0 Å². The van der Waals surface area contributed by atoms with Crippen LogP contribution in [0.25, 0.3) is 0 Å². The molecule has 45 heavy (non-hydrogen) atoms. The van der Waals surface area contributed by atoms with E-state index in [0.29, 0.717) is 12.8 Å². The summed E-state index contributed by atoms with van der Waals surface area (Å²) in [5, 5.41) is 23.1. The molecule has 0 aliphatic heterocycles. The highest BCUT2D eigenvalue weighted by atomic mass is 16.3. The third-order valence-corrected chi connectivity index (χ3v) is 9.87. The molecule has 270 valence electrons. The van der Waals surface area contributed by atoms with Gasteiger partial charge in [0.15, 0.2) is 0 Å². The first-order valence-electron chi connectivity index (χ1n) is 20.7. The molecule has 2 unspecified atom stereocenters. The Morgan fingerprint density at radius 2 is 0.711 bits per heavy atom. The van der Waals surface area contributed by atoms with Crippen molar-refractivity contribution < 1.29 is 15.0 Å². The minimum atomic E-state index is -0.652. The van der Waals surface area contributed by atoms with Gasteiger partial charge in [-0.3, -0.25) is 4.79 Å². The third kappa shape index (κ3) is 34.5. The number of aliphatic hydroxyl groups excluding tert-OH is 2. The Hall–Kier alpha value is -0.610. The number of unbranched alkanes of at least 4 members (excludes halogenated alkanes) is 31. The maximum atomic E-state index is 12.4. The van der Waals surface area contributed by atoms with E-state index < -0.39 is 12.1 Å². The van der Waals surface area contributed by atoms with E-state index in [4.69, 9.17) is 0 Å². The SMILES string of the molecule is CCCCCCCCCCCCCCCCCCCCCC(O)C(CO)NC(=O)CCCCCCCCCCCCCCCC. The number of aliphatic hydroxyl groups is 2. The molecule has 2 atom stereocenters. The van der Waals surface area contributed by atoms with Gasteiger partial charge in [-0.05, 0) is 12.8 Å². The van der Waals surface area contributed by atoms with E-state index in [1.54, 1.807) is 0 Å². The molecule has 0 aliphatic carbocycles. The van der Waals surface area contributed by atoms with Crippen molar-refractivity contribution in [2.24, 2.45) is 0 Å². The largest absolute Gasteiger partial charge is 0.394 e. The minimum Gasteiger partial charge on any atom is -0.394 e. The van der Waals surface area contributed by atoms with Crippen LogP contribution in [0.1, 0.15) is 239 Å². The van der Waals surface area contributed by atoms with Gasteiger partial charge in [-0.1, -0.05) is 219 Å². The summed E-state index contributed by atoms with van der Waals surface area (Å²) in [6, 6.07) is -0.528. The van der Waals surface area contributed by atoms with Crippen molar-refractivity contribution >= 4 is 5.91 Å². The maximum Gasteiger partial charge on any atom is 0.220 e. The molecule has 0 radical (unpaired) electrons. The second-order valence-electron chi connectivity index (χ2n) is 14.4. The predicted molar refractivity (Wildman–Crippen MR) is 198 cm³/mol. The van der Waals surface area contributed by atoms with Gasteiger partial charge in [-0.2, -0.15) is 0 Å². The fourth-order valence-electron chi connectivity index (χ4n) is 6.66. The number of carbonyl (C=O) groups is 1. The van der Waals surface area contributed by atoms with Gasteiger partial charge in [0.1, 0.15) is 0 Å². The van der Waals surface area contributed by atoms with Gasteiger partial charge in [-0.25, -0.2) is 0 Å². The van der Waals surface area contributed by atoms with Crippen LogP contribution < -0.4 is 5.32 Å². The monoisotopic (exact) mass is 638 g/mol. The fraction of sp³-hybridized carbons (Fsp3) is 0.976. The Labute approximate surface area is 283 Å². The quantitative estimate of drug-likeness (QED) is 0.0590. The highest BCUT2D eigenvalue weighted by Crippen LogP contribution is 2.16. The summed E-state index contributed by atoms with van der Waals surface area (Å²) in [6.07, 6.45) is 44.5. The zero-order chi connectivity index (χ0) is 32.9. The van der Waals surface area contributed by atoms with Crippen LogP contribution in [0.3, 0.4) is 0 Å². The van der Waals surface area contributed by atoms with E-state index in [-0.39, 0.29) is 12.5 Å². The summed E-state index contributed by atoms with van der Waals surface area (Å²) < 4.78 is 0. The van der Waals surface area contributed by atoms with Crippen LogP contribution in [0.4, 0.5) is 0 Å². The summed E-state index contributed by atoms with van der Waals surface area (Å²) in [5.74, 6) is -0.0276. The van der Waals surface area contributed by atoms with Crippen molar-refractivity contribution in [3.63, 3.8) is 0 Å². The molecule has 0 rings (SSSR count). The number of nitrogens with one attached hydrogen (secondary N) is 1. The van der Waals surface area contributed by atoms with Crippen molar-refractivity contribution in [1.82, 2.24) is 5.32 Å². The highest BCUT2D eigenvalue weighted by molar-refractivity contribution is 5.76. The van der Waals surface area contributed by atoms with E-state index >= 15 is 0 Å². The second-order valence-corrected chi connectivity index (χ2v) is 14.4. The zero-order valence-electron chi connectivity index (χ0n) is 30.9. The Balaban J connectivity index is 3.48. The first-order chi connectivity index (χ1) is 22.2. The van der Waals surface area contributed by atoms with Gasteiger partial charge in [0.05, 0.1) is 18.8 Å². The van der Waals surface area contributed by atoms with Crippen molar-refractivity contribution in [2.45, 2.75) is 251 Å². The highest BCUT2D eigenvalue weighted by Gasteiger charge is 2.20. The smallest absolute Gasteiger partial charge is 0.220 e. The van der Waals surface area contributed by atoms with E-state index in [1.807, 2.05) is 0 Å². The molecule has 0 fully saturated rings. The molecule has 0 aromatic rings. The number of rotatable bonds is 38. The van der Waals surface area contributed by atoms with Crippen LogP contribution in [0.5, 0.6) is 0 Å². The van der Waals surface area contributed by atoms with Crippen molar-refractivity contribution in [2.75, 3.05) is 6.61 Å². The van der Waals surface area contributed by atoms with Gasteiger partial charge < -0.3 is 15.5 Å². The maximum absolute atomic E-state index is 12.4. The molecule has 0 saturated carbocycles. The molecule has 0 spiro atoms. The topological polar surface area (TPSA) is 69.6 Å². The van der Waals surface area contributed by atoms with Gasteiger partial charge in [0.25, 0.3) is 0 Å².